The van der Waals surface area contributed by atoms with Crippen LogP contribution in [0, 0.1) is 0 Å². The van der Waals surface area contributed by atoms with Crippen molar-refractivity contribution in [2.75, 3.05) is 5.32 Å². The van der Waals surface area contributed by atoms with Crippen molar-refractivity contribution in [2.45, 2.75) is 24.4 Å². The topological polar surface area (TPSA) is 73.0 Å². The minimum atomic E-state index is -0.357. The van der Waals surface area contributed by atoms with E-state index in [0.29, 0.717) is 23.4 Å². The fourth-order valence-corrected chi connectivity index (χ4v) is 3.39. The average Bonchev–Trinajstić information content (AvgIpc) is 3.24. The molecule has 0 aliphatic heterocycles. The standard InChI is InChI=1S/C16H15ClN4O2S/c1-2-21-15(18-14(22)13-8-5-9-23-13)19-20-16(21)24-10-11-6-3-4-7-12(11)17/h3-9H,2,10H2,1H3,(H,18,19,22). The van der Waals surface area contributed by atoms with Gasteiger partial charge in [0.25, 0.3) is 5.91 Å². The number of rotatable bonds is 6. The molecule has 2 heterocycles. The largest absolute Gasteiger partial charge is 0.459 e. The number of nitrogens with one attached hydrogen (secondary N) is 1. The van der Waals surface area contributed by atoms with Crippen molar-refractivity contribution in [3.05, 3.63) is 59.0 Å². The molecule has 8 heteroatoms. The number of hydrogen-bond donors (Lipinski definition) is 1. The van der Waals surface area contributed by atoms with Crippen molar-refractivity contribution in [2.24, 2.45) is 0 Å². The Morgan fingerprint density at radius 1 is 1.29 bits per heavy atom. The van der Waals surface area contributed by atoms with Crippen LogP contribution in [-0.4, -0.2) is 20.7 Å². The van der Waals surface area contributed by atoms with Gasteiger partial charge in [0.05, 0.1) is 6.26 Å². The van der Waals surface area contributed by atoms with Crippen LogP contribution in [0.2, 0.25) is 5.02 Å². The second-order valence-electron chi connectivity index (χ2n) is 4.86. The van der Waals surface area contributed by atoms with E-state index < -0.39 is 0 Å². The smallest absolute Gasteiger partial charge is 0.293 e. The van der Waals surface area contributed by atoms with E-state index in [1.807, 2.05) is 35.8 Å². The van der Waals surface area contributed by atoms with E-state index in [9.17, 15) is 4.79 Å². The zero-order chi connectivity index (χ0) is 16.9. The Balaban J connectivity index is 1.72. The van der Waals surface area contributed by atoms with Gasteiger partial charge in [-0.05, 0) is 30.7 Å². The lowest BCUT2D eigenvalue weighted by molar-refractivity contribution is 0.0995. The summed E-state index contributed by atoms with van der Waals surface area (Å²) in [5.74, 6) is 0.931. The van der Waals surface area contributed by atoms with Crippen LogP contribution in [0.3, 0.4) is 0 Å². The predicted molar refractivity (Wildman–Crippen MR) is 93.4 cm³/mol. The third-order valence-electron chi connectivity index (χ3n) is 3.32. The average molecular weight is 363 g/mol. The van der Waals surface area contributed by atoms with E-state index in [2.05, 4.69) is 15.5 Å². The summed E-state index contributed by atoms with van der Waals surface area (Å²) in [6.07, 6.45) is 1.45. The molecule has 0 atom stereocenters. The summed E-state index contributed by atoms with van der Waals surface area (Å²) in [7, 11) is 0. The monoisotopic (exact) mass is 362 g/mol. The molecule has 0 aliphatic carbocycles. The summed E-state index contributed by atoms with van der Waals surface area (Å²) in [6.45, 7) is 2.59. The van der Waals surface area contributed by atoms with Crippen LogP contribution < -0.4 is 5.32 Å². The third-order valence-corrected chi connectivity index (χ3v) is 4.70. The van der Waals surface area contributed by atoms with Gasteiger partial charge in [-0.3, -0.25) is 14.7 Å². The second kappa shape index (κ2) is 7.55. The number of aromatic nitrogens is 3. The van der Waals surface area contributed by atoms with Gasteiger partial charge < -0.3 is 4.42 Å². The molecule has 2 aromatic heterocycles. The highest BCUT2D eigenvalue weighted by molar-refractivity contribution is 7.98. The number of halogens is 1. The van der Waals surface area contributed by atoms with Crippen molar-refractivity contribution in [3.63, 3.8) is 0 Å². The van der Waals surface area contributed by atoms with Gasteiger partial charge in [-0.15, -0.1) is 10.2 Å². The van der Waals surface area contributed by atoms with E-state index in [1.165, 1.54) is 18.0 Å². The Kier molecular flexibility index (Phi) is 5.22. The second-order valence-corrected chi connectivity index (χ2v) is 6.21. The number of carbonyl (C=O) groups is 1. The molecule has 0 saturated carbocycles. The summed E-state index contributed by atoms with van der Waals surface area (Å²) in [5.41, 5.74) is 1.02. The first-order chi connectivity index (χ1) is 11.7. The first-order valence-corrected chi connectivity index (χ1v) is 8.69. The van der Waals surface area contributed by atoms with E-state index in [4.69, 9.17) is 16.0 Å². The number of furan rings is 1. The normalized spacial score (nSPS) is 10.8. The first kappa shape index (κ1) is 16.6. The fourth-order valence-electron chi connectivity index (χ4n) is 2.10. The molecule has 124 valence electrons. The number of benzene rings is 1. The van der Waals surface area contributed by atoms with Gasteiger partial charge in [0.1, 0.15) is 0 Å². The molecule has 3 rings (SSSR count). The van der Waals surface area contributed by atoms with Gasteiger partial charge in [0.15, 0.2) is 10.9 Å². The molecule has 24 heavy (non-hydrogen) atoms. The van der Waals surface area contributed by atoms with Gasteiger partial charge in [0.2, 0.25) is 5.95 Å². The zero-order valence-electron chi connectivity index (χ0n) is 12.9. The van der Waals surface area contributed by atoms with E-state index in [-0.39, 0.29) is 11.7 Å². The van der Waals surface area contributed by atoms with Crippen LogP contribution in [0.1, 0.15) is 23.0 Å². The molecular weight excluding hydrogens is 348 g/mol. The van der Waals surface area contributed by atoms with Crippen LogP contribution in [0.25, 0.3) is 0 Å². The number of nitrogens with zero attached hydrogens (tertiary/aromatic N) is 3. The number of hydrogen-bond acceptors (Lipinski definition) is 5. The summed E-state index contributed by atoms with van der Waals surface area (Å²) in [5, 5.41) is 12.4. The van der Waals surface area contributed by atoms with Gasteiger partial charge >= 0.3 is 0 Å². The minimum Gasteiger partial charge on any atom is -0.459 e. The molecule has 3 aromatic rings. The van der Waals surface area contributed by atoms with Gasteiger partial charge in [-0.2, -0.15) is 0 Å². The molecule has 0 bridgehead atoms. The summed E-state index contributed by atoms with van der Waals surface area (Å²) in [6, 6.07) is 10.9. The Hall–Kier alpha value is -2.25. The molecule has 1 N–H and O–H groups in total. The molecule has 0 spiro atoms. The number of anilines is 1. The number of carbonyl (C=O) groups excluding carboxylic acids is 1. The highest BCUT2D eigenvalue weighted by Gasteiger charge is 2.16. The minimum absolute atomic E-state index is 0.228. The van der Waals surface area contributed by atoms with E-state index in [0.717, 1.165) is 10.6 Å². The van der Waals surface area contributed by atoms with Gasteiger partial charge in [0, 0.05) is 17.3 Å². The van der Waals surface area contributed by atoms with Crippen LogP contribution in [-0.2, 0) is 12.3 Å². The first-order valence-electron chi connectivity index (χ1n) is 7.33. The quantitative estimate of drug-likeness (QED) is 0.668. The van der Waals surface area contributed by atoms with Crippen molar-refractivity contribution in [1.29, 1.82) is 0 Å². The molecule has 0 aliphatic rings. The molecule has 0 fully saturated rings. The summed E-state index contributed by atoms with van der Waals surface area (Å²) >= 11 is 7.69. The molecular formula is C16H15ClN4O2S. The van der Waals surface area contributed by atoms with Crippen LogP contribution in [0.5, 0.6) is 0 Å². The lowest BCUT2D eigenvalue weighted by Gasteiger charge is -2.08. The van der Waals surface area contributed by atoms with Crippen LogP contribution in [0.4, 0.5) is 5.95 Å². The van der Waals surface area contributed by atoms with Crippen LogP contribution in [0.15, 0.2) is 52.2 Å². The number of thioether (sulfide) groups is 1. The van der Waals surface area contributed by atoms with E-state index in [1.54, 1.807) is 12.1 Å². The fraction of sp³-hybridized carbons (Fsp3) is 0.188. The number of amides is 1. The zero-order valence-corrected chi connectivity index (χ0v) is 14.5. The predicted octanol–water partition coefficient (Wildman–Crippen LogP) is 4.09. The van der Waals surface area contributed by atoms with Crippen LogP contribution >= 0.6 is 23.4 Å². The molecule has 1 aromatic carbocycles. The van der Waals surface area contributed by atoms with Crippen molar-refractivity contribution >= 4 is 35.2 Å². The Labute approximate surface area is 148 Å². The molecule has 1 amide bonds. The highest BCUT2D eigenvalue weighted by atomic mass is 35.5. The maximum Gasteiger partial charge on any atom is 0.293 e. The maximum absolute atomic E-state index is 12.1. The Morgan fingerprint density at radius 2 is 2.12 bits per heavy atom. The molecule has 0 saturated heterocycles. The van der Waals surface area contributed by atoms with Crippen molar-refractivity contribution in [1.82, 2.24) is 14.8 Å². The summed E-state index contributed by atoms with van der Waals surface area (Å²) in [4.78, 5) is 12.1. The summed E-state index contributed by atoms with van der Waals surface area (Å²) < 4.78 is 6.91. The van der Waals surface area contributed by atoms with Gasteiger partial charge in [-0.1, -0.05) is 41.6 Å². The maximum atomic E-state index is 12.1. The highest BCUT2D eigenvalue weighted by Crippen LogP contribution is 2.27. The molecule has 0 unspecified atom stereocenters. The lowest BCUT2D eigenvalue weighted by atomic mass is 10.2. The Morgan fingerprint density at radius 3 is 2.83 bits per heavy atom. The Bertz CT molecular complexity index is 832. The molecule has 6 nitrogen and oxygen atoms in total. The van der Waals surface area contributed by atoms with E-state index >= 15 is 0 Å². The molecule has 0 radical (unpaired) electrons. The lowest BCUT2D eigenvalue weighted by Crippen LogP contribution is -2.15. The van der Waals surface area contributed by atoms with Crippen molar-refractivity contribution < 1.29 is 9.21 Å². The SMILES string of the molecule is CCn1c(NC(=O)c2ccco2)nnc1SCc1ccccc1Cl. The van der Waals surface area contributed by atoms with Crippen molar-refractivity contribution in [3.8, 4) is 0 Å². The third kappa shape index (κ3) is 3.63. The van der Waals surface area contributed by atoms with Gasteiger partial charge in [-0.25, -0.2) is 0 Å².